The van der Waals surface area contributed by atoms with Crippen molar-refractivity contribution >= 4 is 50.7 Å². The lowest BCUT2D eigenvalue weighted by Crippen LogP contribution is -2.12. The normalized spacial score (nSPS) is 10.4. The van der Waals surface area contributed by atoms with Crippen molar-refractivity contribution in [3.05, 3.63) is 40.3 Å². The molecule has 0 spiro atoms. The van der Waals surface area contributed by atoms with Crippen molar-refractivity contribution in [2.75, 3.05) is 24.6 Å². The van der Waals surface area contributed by atoms with Crippen LogP contribution in [0.15, 0.2) is 29.9 Å². The minimum atomic E-state index is 0.389. The van der Waals surface area contributed by atoms with E-state index in [-0.39, 0.29) is 0 Å². The Morgan fingerprint density at radius 2 is 2.24 bits per heavy atom. The molecule has 0 aliphatic heterocycles. The Labute approximate surface area is 175 Å². The van der Waals surface area contributed by atoms with E-state index in [1.807, 2.05) is 34.6 Å². The van der Waals surface area contributed by atoms with Crippen LogP contribution in [-0.4, -0.2) is 34.6 Å². The van der Waals surface area contributed by atoms with Crippen molar-refractivity contribution in [2.45, 2.75) is 13.0 Å². The van der Waals surface area contributed by atoms with E-state index < -0.39 is 0 Å². The molecule has 8 nitrogen and oxygen atoms in total. The van der Waals surface area contributed by atoms with Crippen LogP contribution < -0.4 is 16.8 Å². The lowest BCUT2D eigenvalue weighted by Gasteiger charge is -2.13. The number of carbonyl (C=O) groups is 1. The first-order chi connectivity index (χ1) is 14.2. The van der Waals surface area contributed by atoms with Crippen LogP contribution in [-0.2, 0) is 6.54 Å². The van der Waals surface area contributed by atoms with Crippen molar-refractivity contribution in [1.82, 2.24) is 14.8 Å². The monoisotopic (exact) mass is 427 g/mol. The maximum absolute atomic E-state index is 11.4. The van der Waals surface area contributed by atoms with E-state index in [2.05, 4.69) is 27.2 Å². The van der Waals surface area contributed by atoms with Crippen molar-refractivity contribution in [1.29, 1.82) is 5.26 Å². The third-order valence-corrected chi connectivity index (χ3v) is 6.17. The van der Waals surface area contributed by atoms with E-state index in [9.17, 15) is 10.1 Å². The molecule has 4 aromatic heterocycles. The zero-order valence-corrected chi connectivity index (χ0v) is 17.4. The quantitative estimate of drug-likeness (QED) is 0.263. The Morgan fingerprint density at radius 3 is 2.83 bits per heavy atom. The molecule has 0 fully saturated rings. The van der Waals surface area contributed by atoms with Gasteiger partial charge in [0.05, 0.1) is 10.6 Å². The number of nitrogen functional groups attached to an aromatic ring is 1. The number of aromatic nitrogens is 3. The Balaban J connectivity index is 0.00000117. The molecule has 0 aliphatic rings. The molecule has 0 bridgehead atoms. The molecule has 6 N–H and O–H groups in total. The molecule has 0 atom stereocenters. The summed E-state index contributed by atoms with van der Waals surface area (Å²) in [6, 6.07) is 6.16. The molecule has 0 unspecified atom stereocenters. The third-order valence-electron chi connectivity index (χ3n) is 4.25. The highest BCUT2D eigenvalue weighted by Crippen LogP contribution is 2.43. The van der Waals surface area contributed by atoms with Crippen LogP contribution in [0.25, 0.3) is 20.7 Å². The van der Waals surface area contributed by atoms with Gasteiger partial charge in [0.25, 0.3) is 0 Å². The molecular weight excluding hydrogens is 406 g/mol. The number of nitrogens with one attached hydrogen (secondary N) is 2. The molecule has 0 saturated carbocycles. The Hall–Kier alpha value is -3.13. The summed E-state index contributed by atoms with van der Waals surface area (Å²) in [5, 5.41) is 18.8. The Morgan fingerprint density at radius 1 is 1.45 bits per heavy atom. The van der Waals surface area contributed by atoms with Gasteiger partial charge in [-0.1, -0.05) is 6.07 Å². The summed E-state index contributed by atoms with van der Waals surface area (Å²) in [5.41, 5.74) is 12.3. The van der Waals surface area contributed by atoms with Crippen LogP contribution in [0.5, 0.6) is 0 Å². The van der Waals surface area contributed by atoms with Crippen molar-refractivity contribution in [3.8, 4) is 16.5 Å². The predicted octanol–water partition coefficient (Wildman–Crippen LogP) is 3.50. The van der Waals surface area contributed by atoms with E-state index in [0.717, 1.165) is 29.7 Å². The Kier molecular flexibility index (Phi) is 6.66. The highest BCUT2D eigenvalue weighted by molar-refractivity contribution is 7.21. The van der Waals surface area contributed by atoms with E-state index in [4.69, 9.17) is 5.73 Å². The molecule has 4 heterocycles. The number of carbonyl (C=O) groups excluding carboxylic acids is 1. The van der Waals surface area contributed by atoms with Crippen LogP contribution in [0.3, 0.4) is 0 Å². The molecule has 0 aromatic carbocycles. The van der Waals surface area contributed by atoms with Crippen LogP contribution in [0.4, 0.5) is 11.5 Å². The summed E-state index contributed by atoms with van der Waals surface area (Å²) in [4.78, 5) is 18.0. The second-order valence-electron chi connectivity index (χ2n) is 5.90. The fourth-order valence-corrected chi connectivity index (χ4v) is 4.64. The summed E-state index contributed by atoms with van der Waals surface area (Å²) < 4.78 is 1.98. The Bertz CT molecular complexity index is 1120. The summed E-state index contributed by atoms with van der Waals surface area (Å²) in [5.74, 6) is 0.527. The highest BCUT2D eigenvalue weighted by Gasteiger charge is 2.22. The number of anilines is 2. The van der Waals surface area contributed by atoms with Crippen molar-refractivity contribution in [3.63, 3.8) is 0 Å². The molecule has 0 saturated heterocycles. The highest BCUT2D eigenvalue weighted by atomic mass is 32.1. The predicted molar refractivity (Wildman–Crippen MR) is 119 cm³/mol. The first-order valence-electron chi connectivity index (χ1n) is 8.89. The van der Waals surface area contributed by atoms with Crippen molar-refractivity contribution in [2.24, 2.45) is 5.73 Å². The first kappa shape index (κ1) is 20.6. The molecule has 0 amide bonds. The number of nitriles is 1. The first-order valence-corrected chi connectivity index (χ1v) is 10.6. The van der Waals surface area contributed by atoms with Crippen LogP contribution in [0, 0.1) is 11.3 Å². The summed E-state index contributed by atoms with van der Waals surface area (Å²) in [6.07, 6.45) is 5.46. The number of aldehydes is 1. The van der Waals surface area contributed by atoms with Gasteiger partial charge >= 0.3 is 0 Å². The molecule has 4 aromatic rings. The summed E-state index contributed by atoms with van der Waals surface area (Å²) >= 11 is 2.78. The van der Waals surface area contributed by atoms with Gasteiger partial charge in [-0.25, -0.2) is 4.98 Å². The fourth-order valence-electron chi connectivity index (χ4n) is 2.94. The molecule has 10 heteroatoms. The number of rotatable bonds is 7. The van der Waals surface area contributed by atoms with Crippen molar-refractivity contribution < 1.29 is 4.79 Å². The number of nitrogens with two attached hydrogens (primary N) is 2. The average molecular weight is 428 g/mol. The van der Waals surface area contributed by atoms with Gasteiger partial charge in [0.2, 0.25) is 0 Å². The van der Waals surface area contributed by atoms with Gasteiger partial charge in [0.1, 0.15) is 22.3 Å². The molecule has 29 heavy (non-hydrogen) atoms. The third kappa shape index (κ3) is 4.02. The van der Waals surface area contributed by atoms with E-state index in [1.165, 1.54) is 29.7 Å². The second-order valence-corrected chi connectivity index (χ2v) is 7.87. The van der Waals surface area contributed by atoms with Gasteiger partial charge in [-0.2, -0.15) is 5.26 Å². The largest absolute Gasteiger partial charge is 0.397 e. The molecular formula is C19H21N7OS2. The zero-order valence-electron chi connectivity index (χ0n) is 15.8. The van der Waals surface area contributed by atoms with E-state index in [0.29, 0.717) is 38.7 Å². The summed E-state index contributed by atoms with van der Waals surface area (Å²) in [6.45, 7) is 1.52. The van der Waals surface area contributed by atoms with Gasteiger partial charge in [0, 0.05) is 41.3 Å². The maximum atomic E-state index is 11.4. The molecule has 150 valence electrons. The van der Waals surface area contributed by atoms with Gasteiger partial charge < -0.3 is 21.9 Å². The van der Waals surface area contributed by atoms with Gasteiger partial charge in [-0.15, -0.1) is 22.7 Å². The van der Waals surface area contributed by atoms with Gasteiger partial charge in [-0.3, -0.25) is 9.48 Å². The zero-order chi connectivity index (χ0) is 20.8. The van der Waals surface area contributed by atoms with Crippen LogP contribution in [0.2, 0.25) is 0 Å². The lowest BCUT2D eigenvalue weighted by molar-refractivity contribution is 0.112. The van der Waals surface area contributed by atoms with Crippen LogP contribution in [0.1, 0.15) is 21.7 Å². The molecule has 0 radical (unpaired) electrons. The average Bonchev–Trinajstić information content (AvgIpc) is 3.35. The fraction of sp³-hybridized carbons (Fsp3) is 0.211. The standard InChI is InChI=1S/C18H16N6OS2.CH5N/c19-9-11-14(12-3-1-8-26-12)15-16(20)13(10-25)27-18(15)23-17(11)21-4-2-6-24-7-5-22-24;1-2/h1,3,5,7-8,10,22H,2,4,6,20H2,(H,21,23);2H2,1H3. The SMILES string of the molecule is CN.N#Cc1c(NCCCn2cc[nH]2)nc2sc(C=O)c(N)c2c1-c1cccs1. The maximum Gasteiger partial charge on any atom is 0.162 e. The minimum absolute atomic E-state index is 0.389. The number of fused-ring (bicyclic) bond motifs is 1. The van der Waals surface area contributed by atoms with E-state index in [1.54, 1.807) is 0 Å². The number of H-pyrrole nitrogens is 1. The van der Waals surface area contributed by atoms with Crippen LogP contribution >= 0.6 is 22.7 Å². The topological polar surface area (TPSA) is 139 Å². The number of hydrogen-bond acceptors (Lipinski definition) is 8. The number of hydrogen-bond donors (Lipinski definition) is 4. The van der Waals surface area contributed by atoms with E-state index >= 15 is 0 Å². The number of aromatic amines is 1. The van der Waals surface area contributed by atoms with Gasteiger partial charge in [0.15, 0.2) is 6.29 Å². The van der Waals surface area contributed by atoms with Gasteiger partial charge in [-0.05, 0) is 24.9 Å². The second kappa shape index (κ2) is 9.38. The number of nitrogens with zero attached hydrogens (tertiary/aromatic N) is 3. The lowest BCUT2D eigenvalue weighted by atomic mass is 10.0. The minimum Gasteiger partial charge on any atom is -0.397 e. The number of thiophene rings is 2. The number of pyridine rings is 1. The summed E-state index contributed by atoms with van der Waals surface area (Å²) in [7, 11) is 1.50. The molecule has 4 rings (SSSR count). The number of aryl methyl sites for hydroxylation is 1. The smallest absolute Gasteiger partial charge is 0.162 e. The molecule has 0 aliphatic carbocycles.